The highest BCUT2D eigenvalue weighted by atomic mass is 32.2. The van der Waals surface area contributed by atoms with Crippen molar-refractivity contribution in [3.63, 3.8) is 0 Å². The number of carbonyl (C=O) groups excluding carboxylic acids is 2. The van der Waals surface area contributed by atoms with Crippen LogP contribution in [0.3, 0.4) is 0 Å². The first kappa shape index (κ1) is 35.0. The Hall–Kier alpha value is -1.23. The highest BCUT2D eigenvalue weighted by molar-refractivity contribution is 8.00. The van der Waals surface area contributed by atoms with E-state index in [0.29, 0.717) is 117 Å². The third-order valence-electron chi connectivity index (χ3n) is 6.14. The number of carbonyl (C=O) groups is 2. The Morgan fingerprint density at radius 1 is 0.750 bits per heavy atom. The Morgan fingerprint density at radius 3 is 1.77 bits per heavy atom. The van der Waals surface area contributed by atoms with Gasteiger partial charge in [0.05, 0.1) is 105 Å². The zero-order valence-electron chi connectivity index (χ0n) is 23.7. The SMILES string of the molecule is NCCOCCOCCOCCOCCOCCOCCOCCNC(=O)CCCCC1SCC2NC(=O)NC21. The van der Waals surface area contributed by atoms with Crippen LogP contribution in [0.15, 0.2) is 0 Å². The number of nitrogens with one attached hydrogen (secondary N) is 3. The van der Waals surface area contributed by atoms with E-state index in [4.69, 9.17) is 38.9 Å². The molecule has 2 fully saturated rings. The van der Waals surface area contributed by atoms with Crippen LogP contribution >= 0.6 is 11.8 Å². The molecular weight excluding hydrogens is 544 g/mol. The van der Waals surface area contributed by atoms with Gasteiger partial charge in [-0.2, -0.15) is 11.8 Å². The Morgan fingerprint density at radius 2 is 1.25 bits per heavy atom. The standard InChI is InChI=1S/C26H50N4O9S/c27-5-7-33-9-11-35-13-15-37-17-19-39-20-18-38-16-14-36-12-10-34-8-6-28-24(31)4-2-1-3-23-25-22(21-40-23)29-26(32)30-25/h22-23,25H,1-21,27H2,(H,28,31)(H2,29,30,32). The summed E-state index contributed by atoms with van der Waals surface area (Å²) in [5, 5.41) is 9.28. The van der Waals surface area contributed by atoms with Gasteiger partial charge in [0.15, 0.2) is 0 Å². The van der Waals surface area contributed by atoms with Crippen LogP contribution in [0.5, 0.6) is 0 Å². The molecular formula is C26H50N4O9S. The molecule has 2 saturated heterocycles. The summed E-state index contributed by atoms with van der Waals surface area (Å²) in [5.74, 6) is 1.01. The van der Waals surface area contributed by atoms with Gasteiger partial charge in [0.2, 0.25) is 5.91 Å². The molecule has 0 radical (unpaired) electrons. The number of fused-ring (bicyclic) bond motifs is 1. The summed E-state index contributed by atoms with van der Waals surface area (Å²) in [6, 6.07) is 0.423. The number of hydrogen-bond donors (Lipinski definition) is 4. The number of nitrogens with two attached hydrogens (primary N) is 1. The maximum Gasteiger partial charge on any atom is 0.315 e. The van der Waals surface area contributed by atoms with Gasteiger partial charge in [-0.1, -0.05) is 6.42 Å². The Balaban J connectivity index is 1.21. The second-order valence-electron chi connectivity index (χ2n) is 9.29. The second kappa shape index (κ2) is 24.4. The number of unbranched alkanes of at least 4 members (excludes halogenated alkanes) is 1. The van der Waals surface area contributed by atoms with Gasteiger partial charge in [-0.3, -0.25) is 4.79 Å². The van der Waals surface area contributed by atoms with Gasteiger partial charge in [-0.25, -0.2) is 4.79 Å². The van der Waals surface area contributed by atoms with E-state index in [1.54, 1.807) is 0 Å². The molecule has 5 N–H and O–H groups in total. The predicted octanol–water partition coefficient (Wildman–Crippen LogP) is -0.0967. The normalized spacial score (nSPS) is 19.9. The van der Waals surface area contributed by atoms with Crippen LogP contribution in [0.4, 0.5) is 4.79 Å². The van der Waals surface area contributed by atoms with Crippen LogP contribution in [-0.4, -0.2) is 141 Å². The van der Waals surface area contributed by atoms with Gasteiger partial charge in [0.1, 0.15) is 0 Å². The molecule has 14 heteroatoms. The summed E-state index contributed by atoms with van der Waals surface area (Å²) in [7, 11) is 0. The highest BCUT2D eigenvalue weighted by Crippen LogP contribution is 2.33. The minimum absolute atomic E-state index is 0.0483. The van der Waals surface area contributed by atoms with Crippen molar-refractivity contribution in [1.82, 2.24) is 16.0 Å². The van der Waals surface area contributed by atoms with E-state index in [1.807, 2.05) is 11.8 Å². The summed E-state index contributed by atoms with van der Waals surface area (Å²) in [4.78, 5) is 23.4. The first-order chi connectivity index (χ1) is 19.7. The molecule has 0 aromatic rings. The minimum Gasteiger partial charge on any atom is -0.378 e. The van der Waals surface area contributed by atoms with Crippen molar-refractivity contribution in [2.45, 2.75) is 43.0 Å². The van der Waals surface area contributed by atoms with E-state index in [1.165, 1.54) is 0 Å². The zero-order valence-corrected chi connectivity index (χ0v) is 24.6. The summed E-state index contributed by atoms with van der Waals surface area (Å²) >= 11 is 1.90. The zero-order chi connectivity index (χ0) is 28.5. The van der Waals surface area contributed by atoms with Crippen molar-refractivity contribution in [1.29, 1.82) is 0 Å². The Bertz CT molecular complexity index is 653. The molecule has 3 unspecified atom stereocenters. The van der Waals surface area contributed by atoms with Crippen LogP contribution in [0.2, 0.25) is 0 Å². The molecule has 0 aliphatic carbocycles. The van der Waals surface area contributed by atoms with Gasteiger partial charge in [0, 0.05) is 30.5 Å². The van der Waals surface area contributed by atoms with Gasteiger partial charge in [-0.15, -0.1) is 0 Å². The van der Waals surface area contributed by atoms with E-state index in [0.717, 1.165) is 25.0 Å². The fourth-order valence-corrected chi connectivity index (χ4v) is 5.67. The molecule has 0 aromatic carbocycles. The highest BCUT2D eigenvalue weighted by Gasteiger charge is 2.42. The molecule has 40 heavy (non-hydrogen) atoms. The lowest BCUT2D eigenvalue weighted by Crippen LogP contribution is -2.36. The summed E-state index contributed by atoms with van der Waals surface area (Å²) < 4.78 is 37.8. The van der Waals surface area contributed by atoms with Crippen molar-refractivity contribution >= 4 is 23.7 Å². The maximum absolute atomic E-state index is 12.0. The van der Waals surface area contributed by atoms with Crippen molar-refractivity contribution in [2.75, 3.05) is 111 Å². The lowest BCUT2D eigenvalue weighted by Gasteiger charge is -2.16. The lowest BCUT2D eigenvalue weighted by molar-refractivity contribution is -0.121. The van der Waals surface area contributed by atoms with Crippen molar-refractivity contribution in [3.05, 3.63) is 0 Å². The second-order valence-corrected chi connectivity index (χ2v) is 10.6. The molecule has 0 spiro atoms. The van der Waals surface area contributed by atoms with Gasteiger partial charge < -0.3 is 54.8 Å². The van der Waals surface area contributed by atoms with Crippen LogP contribution < -0.4 is 21.7 Å². The molecule has 3 atom stereocenters. The molecule has 2 aliphatic rings. The molecule has 13 nitrogen and oxygen atoms in total. The van der Waals surface area contributed by atoms with Gasteiger partial charge in [0.25, 0.3) is 0 Å². The third kappa shape index (κ3) is 17.6. The number of ether oxygens (including phenoxy) is 7. The molecule has 2 aliphatic heterocycles. The number of amides is 3. The molecule has 0 aromatic heterocycles. The Labute approximate surface area is 242 Å². The molecule has 234 valence electrons. The quantitative estimate of drug-likeness (QED) is 0.0708. The van der Waals surface area contributed by atoms with Crippen molar-refractivity contribution in [3.8, 4) is 0 Å². The third-order valence-corrected chi connectivity index (χ3v) is 7.65. The first-order valence-corrected chi connectivity index (χ1v) is 15.4. The average molecular weight is 595 g/mol. The van der Waals surface area contributed by atoms with E-state index in [-0.39, 0.29) is 24.0 Å². The fraction of sp³-hybridized carbons (Fsp3) is 0.923. The molecule has 2 rings (SSSR count). The topological polar surface area (TPSA) is 161 Å². The maximum atomic E-state index is 12.0. The van der Waals surface area contributed by atoms with E-state index >= 15 is 0 Å². The van der Waals surface area contributed by atoms with E-state index in [9.17, 15) is 9.59 Å². The van der Waals surface area contributed by atoms with Crippen LogP contribution in [-0.2, 0) is 38.0 Å². The Kier molecular flexibility index (Phi) is 21.3. The number of thioether (sulfide) groups is 1. The molecule has 0 saturated carbocycles. The monoisotopic (exact) mass is 594 g/mol. The first-order valence-electron chi connectivity index (χ1n) is 14.4. The van der Waals surface area contributed by atoms with Crippen LogP contribution in [0.25, 0.3) is 0 Å². The summed E-state index contributed by atoms with van der Waals surface area (Å²) in [5.41, 5.74) is 5.32. The fourth-order valence-electron chi connectivity index (χ4n) is 4.13. The minimum atomic E-state index is -0.0573. The summed E-state index contributed by atoms with van der Waals surface area (Å²) in [6.45, 7) is 8.13. The average Bonchev–Trinajstić information content (AvgIpc) is 3.50. The number of urea groups is 1. The number of hydrogen-bond acceptors (Lipinski definition) is 11. The van der Waals surface area contributed by atoms with Crippen molar-refractivity contribution < 1.29 is 42.7 Å². The summed E-state index contributed by atoms with van der Waals surface area (Å²) in [6.07, 6.45) is 3.36. The van der Waals surface area contributed by atoms with Crippen LogP contribution in [0, 0.1) is 0 Å². The van der Waals surface area contributed by atoms with Crippen LogP contribution in [0.1, 0.15) is 25.7 Å². The smallest absolute Gasteiger partial charge is 0.315 e. The molecule has 3 amide bonds. The molecule has 2 heterocycles. The van der Waals surface area contributed by atoms with Crippen molar-refractivity contribution in [2.24, 2.45) is 5.73 Å². The lowest BCUT2D eigenvalue weighted by atomic mass is 10.0. The van der Waals surface area contributed by atoms with E-state index in [2.05, 4.69) is 16.0 Å². The molecule has 0 bridgehead atoms. The largest absolute Gasteiger partial charge is 0.378 e. The van der Waals surface area contributed by atoms with Gasteiger partial charge >= 0.3 is 6.03 Å². The predicted molar refractivity (Wildman–Crippen MR) is 152 cm³/mol. The van der Waals surface area contributed by atoms with Gasteiger partial charge in [-0.05, 0) is 12.8 Å². The number of rotatable bonds is 28. The van der Waals surface area contributed by atoms with E-state index < -0.39 is 0 Å².